The minimum absolute atomic E-state index is 0.139. The lowest BCUT2D eigenvalue weighted by atomic mass is 9.94. The number of fused-ring (bicyclic) bond motifs is 1. The molecule has 0 spiro atoms. The fourth-order valence-electron chi connectivity index (χ4n) is 3.24. The van der Waals surface area contributed by atoms with Crippen molar-refractivity contribution in [2.45, 2.75) is 12.5 Å². The van der Waals surface area contributed by atoms with Gasteiger partial charge in [0.15, 0.2) is 17.3 Å². The Morgan fingerprint density at radius 3 is 2.07 bits per heavy atom. The summed E-state index contributed by atoms with van der Waals surface area (Å²) in [4.78, 5) is 13.0. The van der Waals surface area contributed by atoms with Gasteiger partial charge in [-0.05, 0) is 17.7 Å². The summed E-state index contributed by atoms with van der Waals surface area (Å²) in [6, 6.07) is 7.41. The van der Waals surface area contributed by atoms with Gasteiger partial charge in [-0.15, -0.1) is 0 Å². The molecule has 0 aromatic heterocycles. The van der Waals surface area contributed by atoms with E-state index in [0.29, 0.717) is 11.5 Å². The van der Waals surface area contributed by atoms with E-state index in [1.807, 2.05) is 24.3 Å². The maximum Gasteiger partial charge on any atom is 0.211 e. The van der Waals surface area contributed by atoms with E-state index < -0.39 is 6.10 Å². The van der Waals surface area contributed by atoms with E-state index in [1.54, 1.807) is 7.11 Å². The normalized spacial score (nSPS) is 15.4. The van der Waals surface area contributed by atoms with E-state index in [-0.39, 0.29) is 40.8 Å². The number of hydrogen-bond acceptors (Lipinski definition) is 7. The second kappa shape index (κ2) is 7.65. The van der Waals surface area contributed by atoms with E-state index in [9.17, 15) is 4.79 Å². The first kappa shape index (κ1) is 18.7. The van der Waals surface area contributed by atoms with E-state index >= 15 is 0 Å². The molecule has 3 rings (SSSR count). The number of methoxy groups -OCH3 is 5. The molecular formula is C20H22O7. The minimum atomic E-state index is -0.489. The van der Waals surface area contributed by atoms with Gasteiger partial charge >= 0.3 is 0 Å². The van der Waals surface area contributed by atoms with Gasteiger partial charge in [-0.25, -0.2) is 0 Å². The van der Waals surface area contributed by atoms with Crippen LogP contribution in [-0.4, -0.2) is 41.3 Å². The number of hydrogen-bond donors (Lipinski definition) is 0. The van der Waals surface area contributed by atoms with Gasteiger partial charge in [0.1, 0.15) is 17.4 Å². The Hall–Kier alpha value is -3.09. The molecule has 1 aliphatic rings. The number of carbonyl (C=O) groups excluding carboxylic acids is 1. The predicted molar refractivity (Wildman–Crippen MR) is 98.0 cm³/mol. The molecule has 27 heavy (non-hydrogen) atoms. The van der Waals surface area contributed by atoms with Crippen molar-refractivity contribution in [1.82, 2.24) is 0 Å². The molecule has 7 heteroatoms. The van der Waals surface area contributed by atoms with Crippen LogP contribution in [0.25, 0.3) is 0 Å². The van der Waals surface area contributed by atoms with Gasteiger partial charge in [-0.3, -0.25) is 4.79 Å². The molecule has 0 saturated carbocycles. The second-order valence-electron chi connectivity index (χ2n) is 5.85. The summed E-state index contributed by atoms with van der Waals surface area (Å²) in [5.74, 6) is 1.95. The van der Waals surface area contributed by atoms with Gasteiger partial charge in [-0.1, -0.05) is 12.1 Å². The third kappa shape index (κ3) is 3.09. The molecule has 0 radical (unpaired) electrons. The van der Waals surface area contributed by atoms with Crippen LogP contribution in [0.3, 0.4) is 0 Å². The van der Waals surface area contributed by atoms with E-state index in [1.165, 1.54) is 28.4 Å². The summed E-state index contributed by atoms with van der Waals surface area (Å²) in [7, 11) is 7.49. The molecule has 2 aromatic rings. The van der Waals surface area contributed by atoms with Crippen LogP contribution < -0.4 is 28.4 Å². The van der Waals surface area contributed by atoms with Crippen LogP contribution in [0.15, 0.2) is 24.3 Å². The van der Waals surface area contributed by atoms with Crippen molar-refractivity contribution in [1.29, 1.82) is 0 Å². The smallest absolute Gasteiger partial charge is 0.211 e. The number of carbonyl (C=O) groups is 1. The van der Waals surface area contributed by atoms with Crippen LogP contribution in [0, 0.1) is 0 Å². The molecule has 1 unspecified atom stereocenters. The summed E-state index contributed by atoms with van der Waals surface area (Å²) in [5.41, 5.74) is 1.11. The average molecular weight is 374 g/mol. The number of benzene rings is 2. The summed E-state index contributed by atoms with van der Waals surface area (Å²) in [5, 5.41) is 0. The van der Waals surface area contributed by atoms with Crippen molar-refractivity contribution in [2.24, 2.45) is 0 Å². The zero-order valence-corrected chi connectivity index (χ0v) is 16.0. The molecular weight excluding hydrogens is 352 g/mol. The zero-order valence-electron chi connectivity index (χ0n) is 16.0. The van der Waals surface area contributed by atoms with Crippen LogP contribution in [-0.2, 0) is 0 Å². The van der Waals surface area contributed by atoms with Crippen molar-refractivity contribution >= 4 is 5.78 Å². The lowest BCUT2D eigenvalue weighted by molar-refractivity contribution is 0.0833. The van der Waals surface area contributed by atoms with E-state index in [0.717, 1.165) is 5.56 Å². The Balaban J connectivity index is 2.18. The first-order chi connectivity index (χ1) is 13.1. The van der Waals surface area contributed by atoms with E-state index in [2.05, 4.69) is 0 Å². The second-order valence-corrected chi connectivity index (χ2v) is 5.85. The topological polar surface area (TPSA) is 72.5 Å². The molecule has 2 aromatic carbocycles. The SMILES string of the molecule is COc1cccc(C2CC(=O)c3c(OC)c(OC)c(OC)c(OC)c3O2)c1. The molecule has 0 bridgehead atoms. The Morgan fingerprint density at radius 2 is 1.48 bits per heavy atom. The fraction of sp³-hybridized carbons (Fsp3) is 0.350. The Bertz CT molecular complexity index is 860. The average Bonchev–Trinajstić information content (AvgIpc) is 2.71. The van der Waals surface area contributed by atoms with Crippen molar-refractivity contribution in [3.8, 4) is 34.5 Å². The Kier molecular flexibility index (Phi) is 5.30. The third-order valence-electron chi connectivity index (χ3n) is 4.47. The molecule has 1 aliphatic heterocycles. The molecule has 1 heterocycles. The lowest BCUT2D eigenvalue weighted by Crippen LogP contribution is -2.22. The van der Waals surface area contributed by atoms with Gasteiger partial charge in [0.25, 0.3) is 0 Å². The highest BCUT2D eigenvalue weighted by Crippen LogP contribution is 2.56. The van der Waals surface area contributed by atoms with Gasteiger partial charge in [0.05, 0.1) is 42.0 Å². The molecule has 1 atom stereocenters. The number of ketones is 1. The van der Waals surface area contributed by atoms with Gasteiger partial charge < -0.3 is 28.4 Å². The summed E-state index contributed by atoms with van der Waals surface area (Å²) in [6.07, 6.45) is -0.341. The monoisotopic (exact) mass is 374 g/mol. The zero-order chi connectivity index (χ0) is 19.6. The van der Waals surface area contributed by atoms with Gasteiger partial charge in [0.2, 0.25) is 17.2 Å². The summed E-state index contributed by atoms with van der Waals surface area (Å²) >= 11 is 0. The summed E-state index contributed by atoms with van der Waals surface area (Å²) in [6.45, 7) is 0. The number of Topliss-reactive ketones (excluding diaryl/α,β-unsaturated/α-hetero) is 1. The Labute approximate surface area is 157 Å². The molecule has 0 saturated heterocycles. The van der Waals surface area contributed by atoms with E-state index in [4.69, 9.17) is 28.4 Å². The first-order valence-corrected chi connectivity index (χ1v) is 8.33. The van der Waals surface area contributed by atoms with Gasteiger partial charge in [-0.2, -0.15) is 0 Å². The van der Waals surface area contributed by atoms with Crippen LogP contribution >= 0.6 is 0 Å². The molecule has 0 N–H and O–H groups in total. The molecule has 7 nitrogen and oxygen atoms in total. The molecule has 0 fully saturated rings. The van der Waals surface area contributed by atoms with Crippen molar-refractivity contribution in [2.75, 3.05) is 35.5 Å². The van der Waals surface area contributed by atoms with Crippen LogP contribution in [0.4, 0.5) is 0 Å². The largest absolute Gasteiger partial charge is 0.497 e. The highest BCUT2D eigenvalue weighted by atomic mass is 16.6. The number of ether oxygens (including phenoxy) is 6. The predicted octanol–water partition coefficient (Wildman–Crippen LogP) is 3.44. The quantitative estimate of drug-likeness (QED) is 0.767. The van der Waals surface area contributed by atoms with Gasteiger partial charge in [0, 0.05) is 0 Å². The van der Waals surface area contributed by atoms with Crippen LogP contribution in [0.1, 0.15) is 28.4 Å². The van der Waals surface area contributed by atoms with Crippen molar-refractivity contribution in [3.05, 3.63) is 35.4 Å². The molecule has 0 amide bonds. The van der Waals surface area contributed by atoms with Crippen molar-refractivity contribution < 1.29 is 33.2 Å². The highest BCUT2D eigenvalue weighted by Gasteiger charge is 2.38. The third-order valence-corrected chi connectivity index (χ3v) is 4.47. The standard InChI is InChI=1S/C20H22O7/c1-22-12-8-6-7-11(9-12)14-10-13(21)15-16(23-2)18(24-3)20(26-5)19(25-4)17(15)27-14/h6-9,14H,10H2,1-5H3. The Morgan fingerprint density at radius 1 is 0.852 bits per heavy atom. The molecule has 144 valence electrons. The van der Waals surface area contributed by atoms with Crippen molar-refractivity contribution in [3.63, 3.8) is 0 Å². The maximum absolute atomic E-state index is 13.0. The minimum Gasteiger partial charge on any atom is -0.497 e. The maximum atomic E-state index is 13.0. The van der Waals surface area contributed by atoms with Crippen LogP contribution in [0.5, 0.6) is 34.5 Å². The van der Waals surface area contributed by atoms with Crippen LogP contribution in [0.2, 0.25) is 0 Å². The lowest BCUT2D eigenvalue weighted by Gasteiger charge is -2.29. The summed E-state index contributed by atoms with van der Waals surface area (Å²) < 4.78 is 33.2. The fourth-order valence-corrected chi connectivity index (χ4v) is 3.24. The highest BCUT2D eigenvalue weighted by molar-refractivity contribution is 6.05. The first-order valence-electron chi connectivity index (χ1n) is 8.33. The molecule has 0 aliphatic carbocycles. The number of rotatable bonds is 6.